The molecule has 0 aliphatic carbocycles. The summed E-state index contributed by atoms with van der Waals surface area (Å²) in [6, 6.07) is 21.4. The van der Waals surface area contributed by atoms with Crippen LogP contribution in [0.15, 0.2) is 72.0 Å². The van der Waals surface area contributed by atoms with E-state index in [4.69, 9.17) is 0 Å². The van der Waals surface area contributed by atoms with E-state index in [1.54, 1.807) is 6.20 Å². The first-order valence-corrected chi connectivity index (χ1v) is 11.2. The van der Waals surface area contributed by atoms with E-state index >= 15 is 0 Å². The van der Waals surface area contributed by atoms with Gasteiger partial charge in [-0.15, -0.1) is 0 Å². The summed E-state index contributed by atoms with van der Waals surface area (Å²) < 4.78 is 0. The van der Waals surface area contributed by atoms with E-state index in [1.807, 2.05) is 19.1 Å². The topological polar surface area (TPSA) is 48.7 Å². The number of hydrogen-bond donors (Lipinski definition) is 1. The minimum absolute atomic E-state index is 0.107. The van der Waals surface area contributed by atoms with Crippen LogP contribution in [0.4, 0.5) is 5.69 Å². The second-order valence-electron chi connectivity index (χ2n) is 8.49. The number of oxime groups is 1. The number of nitrogens with zero attached hydrogens (tertiary/aromatic N) is 3. The Kier molecular flexibility index (Phi) is 6.66. The molecule has 4 nitrogen and oxygen atoms in total. The molecule has 31 heavy (non-hydrogen) atoms. The highest BCUT2D eigenvalue weighted by Gasteiger charge is 2.21. The maximum atomic E-state index is 9.86. The largest absolute Gasteiger partial charge is 0.411 e. The van der Waals surface area contributed by atoms with Crippen LogP contribution in [0.5, 0.6) is 0 Å². The van der Waals surface area contributed by atoms with Crippen LogP contribution in [0.3, 0.4) is 0 Å². The van der Waals surface area contributed by atoms with Crippen molar-refractivity contribution < 1.29 is 5.21 Å². The van der Waals surface area contributed by atoms with Gasteiger partial charge in [0.2, 0.25) is 0 Å². The van der Waals surface area contributed by atoms with Gasteiger partial charge in [-0.25, -0.2) is 0 Å². The Hall–Kier alpha value is -3.14. The standard InChI is InChI=1S/C27H31N3O/c1-20-8-4-5-9-25(20)26(19-27(29-31)23-14-15-28-21(2)18-23)22-10-12-24(13-11-22)30-16-6-3-7-17-30/h4-5,8-15,18,26,31H,3,6-7,16-17,19H2,1-2H3/b29-27+/t26-/m1/s1. The number of aromatic nitrogens is 1. The van der Waals surface area contributed by atoms with Crippen molar-refractivity contribution in [1.82, 2.24) is 4.98 Å². The van der Waals surface area contributed by atoms with E-state index in [0.29, 0.717) is 12.1 Å². The van der Waals surface area contributed by atoms with Crippen molar-refractivity contribution in [3.63, 3.8) is 0 Å². The van der Waals surface area contributed by atoms with Crippen LogP contribution >= 0.6 is 0 Å². The van der Waals surface area contributed by atoms with Gasteiger partial charge in [-0.1, -0.05) is 41.6 Å². The molecule has 0 bridgehead atoms. The Morgan fingerprint density at radius 2 is 1.74 bits per heavy atom. The molecule has 160 valence electrons. The van der Waals surface area contributed by atoms with Gasteiger partial charge in [0.15, 0.2) is 0 Å². The maximum Gasteiger partial charge on any atom is 0.0878 e. The predicted molar refractivity (Wildman–Crippen MR) is 127 cm³/mol. The number of hydrogen-bond acceptors (Lipinski definition) is 4. The summed E-state index contributed by atoms with van der Waals surface area (Å²) in [4.78, 5) is 6.76. The zero-order valence-electron chi connectivity index (χ0n) is 18.5. The molecule has 1 saturated heterocycles. The third kappa shape index (κ3) is 4.96. The lowest BCUT2D eigenvalue weighted by Gasteiger charge is -2.29. The second-order valence-corrected chi connectivity index (χ2v) is 8.49. The molecule has 2 aromatic carbocycles. The first-order valence-electron chi connectivity index (χ1n) is 11.2. The highest BCUT2D eigenvalue weighted by atomic mass is 16.4. The fourth-order valence-electron chi connectivity index (χ4n) is 4.59. The third-order valence-electron chi connectivity index (χ3n) is 6.33. The number of pyridine rings is 1. The Balaban J connectivity index is 1.67. The van der Waals surface area contributed by atoms with Crippen LogP contribution in [-0.2, 0) is 0 Å². The summed E-state index contributed by atoms with van der Waals surface area (Å²) in [5.74, 6) is 0.107. The molecule has 1 aliphatic rings. The lowest BCUT2D eigenvalue weighted by molar-refractivity contribution is 0.317. The number of anilines is 1. The molecule has 0 spiro atoms. The average molecular weight is 414 g/mol. The van der Waals surface area contributed by atoms with Crippen LogP contribution < -0.4 is 4.90 Å². The van der Waals surface area contributed by atoms with Crippen molar-refractivity contribution in [3.05, 3.63) is 94.8 Å². The van der Waals surface area contributed by atoms with E-state index in [-0.39, 0.29) is 5.92 Å². The molecule has 0 saturated carbocycles. The summed E-state index contributed by atoms with van der Waals surface area (Å²) in [6.07, 6.45) is 6.27. The van der Waals surface area contributed by atoms with E-state index in [0.717, 1.165) is 24.3 Å². The van der Waals surface area contributed by atoms with Gasteiger partial charge in [-0.2, -0.15) is 0 Å². The van der Waals surface area contributed by atoms with Crippen LogP contribution in [0, 0.1) is 13.8 Å². The van der Waals surface area contributed by atoms with E-state index in [2.05, 4.69) is 70.5 Å². The highest BCUT2D eigenvalue weighted by Crippen LogP contribution is 2.33. The Bertz CT molecular complexity index is 1040. The number of rotatable bonds is 6. The molecule has 4 rings (SSSR count). The van der Waals surface area contributed by atoms with Crippen molar-refractivity contribution in [2.45, 2.75) is 45.4 Å². The highest BCUT2D eigenvalue weighted by molar-refractivity contribution is 6.01. The van der Waals surface area contributed by atoms with E-state index in [1.165, 1.54) is 41.6 Å². The Morgan fingerprint density at radius 3 is 2.42 bits per heavy atom. The summed E-state index contributed by atoms with van der Waals surface area (Å²) in [5, 5.41) is 13.5. The molecule has 1 aliphatic heterocycles. The predicted octanol–water partition coefficient (Wildman–Crippen LogP) is 6.09. The number of piperidine rings is 1. The molecule has 1 fully saturated rings. The van der Waals surface area contributed by atoms with Crippen molar-refractivity contribution in [2.75, 3.05) is 18.0 Å². The second kappa shape index (κ2) is 9.78. The summed E-state index contributed by atoms with van der Waals surface area (Å²) in [5.41, 5.74) is 7.56. The summed E-state index contributed by atoms with van der Waals surface area (Å²) in [6.45, 7) is 6.39. The minimum Gasteiger partial charge on any atom is -0.411 e. The molecule has 2 heterocycles. The molecule has 0 radical (unpaired) electrons. The fraction of sp³-hybridized carbons (Fsp3) is 0.333. The van der Waals surface area contributed by atoms with Gasteiger partial charge < -0.3 is 10.1 Å². The molecule has 0 amide bonds. The van der Waals surface area contributed by atoms with Gasteiger partial charge in [0.1, 0.15) is 0 Å². The zero-order valence-corrected chi connectivity index (χ0v) is 18.5. The quantitative estimate of drug-likeness (QED) is 0.302. The maximum absolute atomic E-state index is 9.86. The first-order chi connectivity index (χ1) is 15.2. The lowest BCUT2D eigenvalue weighted by atomic mass is 9.83. The normalized spacial score (nSPS) is 15.7. The SMILES string of the molecule is Cc1cc(/C(C[C@H](c2ccc(N3CCCCC3)cc2)c2ccccc2C)=N/O)ccn1. The van der Waals surface area contributed by atoms with Gasteiger partial charge in [0.05, 0.1) is 5.71 Å². The van der Waals surface area contributed by atoms with E-state index < -0.39 is 0 Å². The van der Waals surface area contributed by atoms with E-state index in [9.17, 15) is 5.21 Å². The number of aryl methyl sites for hydroxylation is 2. The molecule has 4 heteroatoms. The van der Waals surface area contributed by atoms with Crippen LogP contribution in [0.1, 0.15) is 59.5 Å². The first kappa shape index (κ1) is 21.1. The van der Waals surface area contributed by atoms with Gasteiger partial charge in [-0.05, 0) is 74.1 Å². The smallest absolute Gasteiger partial charge is 0.0878 e. The minimum atomic E-state index is 0.107. The molecule has 1 atom stereocenters. The molecule has 1 N–H and O–H groups in total. The molecule has 1 aromatic heterocycles. The molecule has 0 unspecified atom stereocenters. The zero-order chi connectivity index (χ0) is 21.6. The molecule has 3 aromatic rings. The lowest BCUT2D eigenvalue weighted by Crippen LogP contribution is -2.29. The average Bonchev–Trinajstić information content (AvgIpc) is 2.81. The van der Waals surface area contributed by atoms with Crippen molar-refractivity contribution in [3.8, 4) is 0 Å². The monoisotopic (exact) mass is 413 g/mol. The van der Waals surface area contributed by atoms with Crippen molar-refractivity contribution >= 4 is 11.4 Å². The van der Waals surface area contributed by atoms with Crippen LogP contribution in [0.25, 0.3) is 0 Å². The summed E-state index contributed by atoms with van der Waals surface area (Å²) in [7, 11) is 0. The third-order valence-corrected chi connectivity index (χ3v) is 6.33. The summed E-state index contributed by atoms with van der Waals surface area (Å²) >= 11 is 0. The fourth-order valence-corrected chi connectivity index (χ4v) is 4.59. The Labute approximate surface area is 185 Å². The van der Waals surface area contributed by atoms with Crippen molar-refractivity contribution in [1.29, 1.82) is 0 Å². The van der Waals surface area contributed by atoms with Crippen LogP contribution in [-0.4, -0.2) is 29.0 Å². The Morgan fingerprint density at radius 1 is 1.00 bits per heavy atom. The van der Waals surface area contributed by atoms with Gasteiger partial charge in [-0.3, -0.25) is 4.98 Å². The molecular formula is C27H31N3O. The van der Waals surface area contributed by atoms with Gasteiger partial charge in [0.25, 0.3) is 0 Å². The van der Waals surface area contributed by atoms with Crippen LogP contribution in [0.2, 0.25) is 0 Å². The van der Waals surface area contributed by atoms with Gasteiger partial charge in [0, 0.05) is 48.6 Å². The van der Waals surface area contributed by atoms with Crippen molar-refractivity contribution in [2.24, 2.45) is 5.16 Å². The molecular weight excluding hydrogens is 382 g/mol. The number of benzene rings is 2. The van der Waals surface area contributed by atoms with Gasteiger partial charge >= 0.3 is 0 Å².